The molecule has 0 N–H and O–H groups in total. The van der Waals surface area contributed by atoms with Crippen LogP contribution in [-0.4, -0.2) is 25.7 Å². The molecule has 2 rings (SSSR count). The van der Waals surface area contributed by atoms with Crippen molar-refractivity contribution in [2.24, 2.45) is 5.92 Å². The van der Waals surface area contributed by atoms with E-state index in [0.717, 1.165) is 11.3 Å². The number of amides is 1. The minimum atomic E-state index is -0.369. The van der Waals surface area contributed by atoms with Crippen molar-refractivity contribution in [3.63, 3.8) is 0 Å². The van der Waals surface area contributed by atoms with E-state index in [9.17, 15) is 4.79 Å². The number of likely N-dealkylation sites (N-methyl/N-ethyl adjacent to an activating group) is 1. The molecule has 3 nitrogen and oxygen atoms in total. The van der Waals surface area contributed by atoms with Crippen LogP contribution >= 0.6 is 0 Å². The maximum Gasteiger partial charge on any atom is 0.255 e. The number of nitrogens with zero attached hydrogens (tertiary/aromatic N) is 1. The van der Waals surface area contributed by atoms with E-state index in [1.54, 1.807) is 4.90 Å². The zero-order valence-electron chi connectivity index (χ0n) is 12.3. The molecule has 104 valence electrons. The second-order valence-corrected chi connectivity index (χ2v) is 5.61. The molecule has 3 heteroatoms. The summed E-state index contributed by atoms with van der Waals surface area (Å²) in [6.45, 7) is 6.64. The topological polar surface area (TPSA) is 29.5 Å². The molecule has 1 unspecified atom stereocenters. The first-order chi connectivity index (χ1) is 8.99. The number of carbonyl (C=O) groups excluding carboxylic acids is 1. The maximum atomic E-state index is 12.3. The number of hydrogen-bond acceptors (Lipinski definition) is 2. The Balaban J connectivity index is 2.00. The van der Waals surface area contributed by atoms with E-state index < -0.39 is 0 Å². The molecule has 0 saturated heterocycles. The first-order valence-electron chi connectivity index (χ1n) is 6.95. The highest BCUT2D eigenvalue weighted by Crippen LogP contribution is 2.29. The number of carbonyl (C=O) groups is 1. The Kier molecular flexibility index (Phi) is 4.25. The van der Waals surface area contributed by atoms with E-state index in [4.69, 9.17) is 4.74 Å². The van der Waals surface area contributed by atoms with Crippen LogP contribution in [-0.2, 0) is 9.53 Å². The molecular weight excluding hydrogens is 238 g/mol. The molecule has 0 bridgehead atoms. The third-order valence-electron chi connectivity index (χ3n) is 3.67. The Hall–Kier alpha value is -1.35. The Morgan fingerprint density at radius 1 is 1.42 bits per heavy atom. The van der Waals surface area contributed by atoms with Crippen LogP contribution in [0.25, 0.3) is 0 Å². The van der Waals surface area contributed by atoms with Crippen LogP contribution in [0.4, 0.5) is 5.69 Å². The van der Waals surface area contributed by atoms with Gasteiger partial charge in [0.2, 0.25) is 0 Å². The number of rotatable bonds is 5. The lowest BCUT2D eigenvalue weighted by Gasteiger charge is -2.23. The van der Waals surface area contributed by atoms with Crippen LogP contribution in [0, 0.1) is 19.8 Å². The van der Waals surface area contributed by atoms with Gasteiger partial charge in [-0.25, -0.2) is 0 Å². The molecule has 1 fully saturated rings. The van der Waals surface area contributed by atoms with Gasteiger partial charge in [0.1, 0.15) is 6.10 Å². The van der Waals surface area contributed by atoms with Crippen molar-refractivity contribution in [3.8, 4) is 0 Å². The third kappa shape index (κ3) is 3.57. The van der Waals surface area contributed by atoms with E-state index >= 15 is 0 Å². The lowest BCUT2D eigenvalue weighted by atomic mass is 10.1. The highest BCUT2D eigenvalue weighted by Gasteiger charge is 2.25. The fourth-order valence-electron chi connectivity index (χ4n) is 2.21. The van der Waals surface area contributed by atoms with Crippen LogP contribution in [0.15, 0.2) is 18.2 Å². The number of aryl methyl sites for hydroxylation is 2. The molecule has 0 aromatic heterocycles. The van der Waals surface area contributed by atoms with Crippen molar-refractivity contribution in [3.05, 3.63) is 29.3 Å². The minimum absolute atomic E-state index is 0.0209. The van der Waals surface area contributed by atoms with Gasteiger partial charge in [-0.3, -0.25) is 4.79 Å². The number of anilines is 1. The van der Waals surface area contributed by atoms with Crippen LogP contribution in [0.3, 0.4) is 0 Å². The highest BCUT2D eigenvalue weighted by molar-refractivity contribution is 5.96. The second kappa shape index (κ2) is 5.74. The van der Waals surface area contributed by atoms with Gasteiger partial charge in [0.25, 0.3) is 5.91 Å². The van der Waals surface area contributed by atoms with Crippen LogP contribution < -0.4 is 4.90 Å². The van der Waals surface area contributed by atoms with E-state index in [2.05, 4.69) is 13.0 Å². The average Bonchev–Trinajstić information content (AvgIpc) is 3.18. The summed E-state index contributed by atoms with van der Waals surface area (Å²) < 4.78 is 5.64. The van der Waals surface area contributed by atoms with Crippen LogP contribution in [0.5, 0.6) is 0 Å². The Morgan fingerprint density at radius 3 is 2.68 bits per heavy atom. The van der Waals surface area contributed by atoms with Crippen molar-refractivity contribution >= 4 is 11.6 Å². The largest absolute Gasteiger partial charge is 0.368 e. The molecule has 0 heterocycles. The van der Waals surface area contributed by atoms with Gasteiger partial charge < -0.3 is 9.64 Å². The van der Waals surface area contributed by atoms with E-state index in [-0.39, 0.29) is 12.0 Å². The fourth-order valence-corrected chi connectivity index (χ4v) is 2.21. The van der Waals surface area contributed by atoms with Gasteiger partial charge in [-0.1, -0.05) is 17.7 Å². The summed E-state index contributed by atoms with van der Waals surface area (Å²) in [7, 11) is 1.82. The van der Waals surface area contributed by atoms with E-state index in [0.29, 0.717) is 12.5 Å². The summed E-state index contributed by atoms with van der Waals surface area (Å²) in [5.41, 5.74) is 3.28. The fraction of sp³-hybridized carbons (Fsp3) is 0.562. The van der Waals surface area contributed by atoms with Gasteiger partial charge in [0.05, 0.1) is 6.61 Å². The molecule has 1 aromatic rings. The van der Waals surface area contributed by atoms with Crippen LogP contribution in [0.1, 0.15) is 30.9 Å². The molecule has 1 aliphatic rings. The predicted molar refractivity (Wildman–Crippen MR) is 77.5 cm³/mol. The smallest absolute Gasteiger partial charge is 0.255 e. The maximum absolute atomic E-state index is 12.3. The van der Waals surface area contributed by atoms with Crippen molar-refractivity contribution in [1.29, 1.82) is 0 Å². The Bertz CT molecular complexity index is 466. The van der Waals surface area contributed by atoms with Gasteiger partial charge >= 0.3 is 0 Å². The molecule has 19 heavy (non-hydrogen) atoms. The first-order valence-corrected chi connectivity index (χ1v) is 6.95. The zero-order valence-corrected chi connectivity index (χ0v) is 12.3. The normalized spacial score (nSPS) is 16.2. The quantitative estimate of drug-likeness (QED) is 0.815. The molecule has 1 aromatic carbocycles. The number of ether oxygens (including phenoxy) is 1. The van der Waals surface area contributed by atoms with Crippen molar-refractivity contribution in [2.75, 3.05) is 18.6 Å². The standard InChI is InChI=1S/C16H23NO2/c1-11-5-8-15(12(2)9-11)17(4)16(18)13(3)19-10-14-6-7-14/h5,8-9,13-14H,6-7,10H2,1-4H3. The zero-order chi connectivity index (χ0) is 14.0. The van der Waals surface area contributed by atoms with E-state index in [1.807, 2.05) is 33.0 Å². The summed E-state index contributed by atoms with van der Waals surface area (Å²) in [4.78, 5) is 14.0. The first kappa shape index (κ1) is 14.1. The average molecular weight is 261 g/mol. The SMILES string of the molecule is Cc1ccc(N(C)C(=O)C(C)OCC2CC2)c(C)c1. The summed E-state index contributed by atoms with van der Waals surface area (Å²) >= 11 is 0. The number of hydrogen-bond donors (Lipinski definition) is 0. The van der Waals surface area contributed by atoms with Gasteiger partial charge in [0, 0.05) is 12.7 Å². The molecular formula is C16H23NO2. The molecule has 1 atom stereocenters. The van der Waals surface area contributed by atoms with Gasteiger partial charge in [-0.15, -0.1) is 0 Å². The third-order valence-corrected chi connectivity index (χ3v) is 3.67. The Morgan fingerprint density at radius 2 is 2.11 bits per heavy atom. The lowest BCUT2D eigenvalue weighted by molar-refractivity contribution is -0.128. The molecule has 1 amide bonds. The summed E-state index contributed by atoms with van der Waals surface area (Å²) in [6, 6.07) is 6.12. The molecule has 1 saturated carbocycles. The second-order valence-electron chi connectivity index (χ2n) is 5.61. The summed E-state index contributed by atoms with van der Waals surface area (Å²) in [6.07, 6.45) is 2.12. The van der Waals surface area contributed by atoms with Gasteiger partial charge in [-0.05, 0) is 51.2 Å². The minimum Gasteiger partial charge on any atom is -0.368 e. The lowest BCUT2D eigenvalue weighted by Crippen LogP contribution is -2.37. The van der Waals surface area contributed by atoms with E-state index in [1.165, 1.54) is 18.4 Å². The van der Waals surface area contributed by atoms with Crippen molar-refractivity contribution in [2.45, 2.75) is 39.7 Å². The molecule has 0 spiro atoms. The monoisotopic (exact) mass is 261 g/mol. The molecule has 0 radical (unpaired) electrons. The van der Waals surface area contributed by atoms with Gasteiger partial charge in [-0.2, -0.15) is 0 Å². The highest BCUT2D eigenvalue weighted by atomic mass is 16.5. The molecule has 1 aliphatic carbocycles. The Labute approximate surface area is 115 Å². The number of benzene rings is 1. The van der Waals surface area contributed by atoms with Crippen LogP contribution in [0.2, 0.25) is 0 Å². The molecule has 0 aliphatic heterocycles. The summed E-state index contributed by atoms with van der Waals surface area (Å²) in [5.74, 6) is 0.703. The van der Waals surface area contributed by atoms with Crippen molar-refractivity contribution in [1.82, 2.24) is 0 Å². The predicted octanol–water partition coefficient (Wildman–Crippen LogP) is 3.08. The van der Waals surface area contributed by atoms with Gasteiger partial charge in [0.15, 0.2) is 0 Å². The summed E-state index contributed by atoms with van der Waals surface area (Å²) in [5, 5.41) is 0. The van der Waals surface area contributed by atoms with Crippen molar-refractivity contribution < 1.29 is 9.53 Å².